The summed E-state index contributed by atoms with van der Waals surface area (Å²) in [7, 11) is 0. The maximum Gasteiger partial charge on any atom is 0.225 e. The molecule has 6 nitrogen and oxygen atoms in total. The van der Waals surface area contributed by atoms with E-state index >= 15 is 0 Å². The van der Waals surface area contributed by atoms with E-state index in [1.807, 2.05) is 48.0 Å². The van der Waals surface area contributed by atoms with E-state index in [1.165, 1.54) is 5.56 Å². The summed E-state index contributed by atoms with van der Waals surface area (Å²) in [6, 6.07) is 15.8. The lowest BCUT2D eigenvalue weighted by atomic mass is 9.97. The zero-order chi connectivity index (χ0) is 22.9. The highest BCUT2D eigenvalue weighted by Gasteiger charge is 2.28. The van der Waals surface area contributed by atoms with Gasteiger partial charge in [0.25, 0.3) is 0 Å². The van der Waals surface area contributed by atoms with Gasteiger partial charge < -0.3 is 10.2 Å². The number of nitrogens with zero attached hydrogens (tertiary/aromatic N) is 4. The lowest BCUT2D eigenvalue weighted by Crippen LogP contribution is -2.43. The molecule has 1 aliphatic rings. The van der Waals surface area contributed by atoms with Gasteiger partial charge in [-0.1, -0.05) is 53.3 Å². The number of nitrogens with one attached hydrogen (secondary N) is 1. The van der Waals surface area contributed by atoms with Gasteiger partial charge in [0.05, 0.1) is 22.0 Å². The van der Waals surface area contributed by atoms with Crippen LogP contribution in [0.1, 0.15) is 29.7 Å². The van der Waals surface area contributed by atoms with Crippen LogP contribution >= 0.6 is 22.9 Å². The number of aryl methyl sites for hydroxylation is 2. The van der Waals surface area contributed by atoms with Crippen LogP contribution in [0.4, 0.5) is 5.13 Å². The van der Waals surface area contributed by atoms with Crippen LogP contribution in [0.25, 0.3) is 16.0 Å². The molecule has 4 aromatic rings. The largest absolute Gasteiger partial charge is 0.352 e. The van der Waals surface area contributed by atoms with Crippen molar-refractivity contribution >= 4 is 44.3 Å². The van der Waals surface area contributed by atoms with Gasteiger partial charge >= 0.3 is 0 Å². The number of fused-ring (bicyclic) bond motifs is 1. The molecule has 1 unspecified atom stereocenters. The molecule has 1 fully saturated rings. The molecule has 0 spiro atoms. The minimum absolute atomic E-state index is 0.0414. The fraction of sp³-hybridized carbons (Fsp3) is 0.320. The van der Waals surface area contributed by atoms with Gasteiger partial charge in [-0.2, -0.15) is 10.1 Å². The fourth-order valence-corrected chi connectivity index (χ4v) is 5.55. The average molecular weight is 480 g/mol. The SMILES string of the molecule is Cc1ccccc1CNC(=O)C1CCCN(c2nc3c(s2)c(C)nn3-c2cccc(Cl)c2)C1. The third kappa shape index (κ3) is 4.48. The van der Waals surface area contributed by atoms with E-state index in [2.05, 4.69) is 34.4 Å². The van der Waals surface area contributed by atoms with E-state index in [1.54, 1.807) is 11.3 Å². The topological polar surface area (TPSA) is 63.1 Å². The van der Waals surface area contributed by atoms with Crippen LogP contribution in [0.5, 0.6) is 0 Å². The van der Waals surface area contributed by atoms with Crippen molar-refractivity contribution in [1.82, 2.24) is 20.1 Å². The summed E-state index contributed by atoms with van der Waals surface area (Å²) in [6.45, 7) is 6.23. The van der Waals surface area contributed by atoms with Crippen LogP contribution in [0.3, 0.4) is 0 Å². The van der Waals surface area contributed by atoms with Crippen LogP contribution in [-0.2, 0) is 11.3 Å². The molecule has 33 heavy (non-hydrogen) atoms. The lowest BCUT2D eigenvalue weighted by molar-refractivity contribution is -0.125. The number of hydrogen-bond acceptors (Lipinski definition) is 5. The number of carbonyl (C=O) groups is 1. The molecule has 3 heterocycles. The first-order valence-electron chi connectivity index (χ1n) is 11.2. The van der Waals surface area contributed by atoms with Gasteiger partial charge in [0, 0.05) is 24.7 Å². The molecule has 1 amide bonds. The van der Waals surface area contributed by atoms with E-state index < -0.39 is 0 Å². The molecular weight excluding hydrogens is 454 g/mol. The van der Waals surface area contributed by atoms with Gasteiger partial charge in [0.2, 0.25) is 5.91 Å². The lowest BCUT2D eigenvalue weighted by Gasteiger charge is -2.31. The zero-order valence-electron chi connectivity index (χ0n) is 18.7. The summed E-state index contributed by atoms with van der Waals surface area (Å²) in [6.07, 6.45) is 1.87. The third-order valence-electron chi connectivity index (χ3n) is 6.21. The maximum absolute atomic E-state index is 12.9. The number of carbonyl (C=O) groups excluding carboxylic acids is 1. The Morgan fingerprint density at radius 1 is 1.21 bits per heavy atom. The van der Waals surface area contributed by atoms with Gasteiger partial charge in [-0.05, 0) is 56.0 Å². The Kier molecular flexibility index (Phi) is 6.08. The molecule has 1 saturated heterocycles. The van der Waals surface area contributed by atoms with Gasteiger partial charge in [0.15, 0.2) is 10.8 Å². The van der Waals surface area contributed by atoms with Crippen molar-refractivity contribution in [3.05, 3.63) is 70.4 Å². The predicted octanol–water partition coefficient (Wildman–Crippen LogP) is 5.29. The number of piperidine rings is 1. The Hall–Kier alpha value is -2.90. The molecule has 5 rings (SSSR count). The number of amides is 1. The molecule has 1 aliphatic heterocycles. The molecule has 0 radical (unpaired) electrons. The molecule has 8 heteroatoms. The first kappa shape index (κ1) is 21.9. The van der Waals surface area contributed by atoms with Crippen molar-refractivity contribution < 1.29 is 4.79 Å². The Bertz CT molecular complexity index is 1310. The Morgan fingerprint density at radius 3 is 2.88 bits per heavy atom. The van der Waals surface area contributed by atoms with Crippen LogP contribution in [0.2, 0.25) is 5.02 Å². The number of hydrogen-bond donors (Lipinski definition) is 1. The van der Waals surface area contributed by atoms with Crippen LogP contribution < -0.4 is 10.2 Å². The average Bonchev–Trinajstić information content (AvgIpc) is 3.39. The summed E-state index contributed by atoms with van der Waals surface area (Å²) < 4.78 is 2.92. The second-order valence-corrected chi connectivity index (χ2v) is 9.97. The quantitative estimate of drug-likeness (QED) is 0.422. The van der Waals surface area contributed by atoms with E-state index in [0.717, 1.165) is 51.8 Å². The summed E-state index contributed by atoms with van der Waals surface area (Å²) in [5.74, 6) is 0.0747. The summed E-state index contributed by atoms with van der Waals surface area (Å²) in [4.78, 5) is 20.1. The van der Waals surface area contributed by atoms with Crippen molar-refractivity contribution in [2.24, 2.45) is 5.92 Å². The van der Waals surface area contributed by atoms with E-state index in [0.29, 0.717) is 18.1 Å². The molecule has 1 atom stereocenters. The van der Waals surface area contributed by atoms with Crippen molar-refractivity contribution in [3.63, 3.8) is 0 Å². The number of thiazole rings is 1. The Balaban J connectivity index is 1.33. The fourth-order valence-electron chi connectivity index (χ4n) is 4.35. The predicted molar refractivity (Wildman–Crippen MR) is 134 cm³/mol. The number of benzene rings is 2. The third-order valence-corrected chi connectivity index (χ3v) is 7.66. The van der Waals surface area contributed by atoms with Crippen LogP contribution in [0, 0.1) is 19.8 Å². The van der Waals surface area contributed by atoms with Crippen molar-refractivity contribution in [2.75, 3.05) is 18.0 Å². The molecule has 2 aromatic carbocycles. The second-order valence-electron chi connectivity index (χ2n) is 8.56. The molecule has 2 aromatic heterocycles. The highest BCUT2D eigenvalue weighted by molar-refractivity contribution is 7.22. The van der Waals surface area contributed by atoms with Gasteiger partial charge in [-0.15, -0.1) is 0 Å². The molecule has 0 saturated carbocycles. The zero-order valence-corrected chi connectivity index (χ0v) is 20.3. The molecule has 0 bridgehead atoms. The Morgan fingerprint density at radius 2 is 2.06 bits per heavy atom. The number of halogens is 1. The van der Waals surface area contributed by atoms with E-state index in [-0.39, 0.29) is 11.8 Å². The smallest absolute Gasteiger partial charge is 0.225 e. The van der Waals surface area contributed by atoms with Crippen molar-refractivity contribution in [1.29, 1.82) is 0 Å². The highest BCUT2D eigenvalue weighted by atomic mass is 35.5. The monoisotopic (exact) mass is 479 g/mol. The summed E-state index contributed by atoms with van der Waals surface area (Å²) in [5.41, 5.74) is 5.02. The standard InChI is InChI=1S/C25H26ClN5OS/c1-16-7-3-4-8-18(16)14-27-24(32)19-9-6-12-30(15-19)25-28-23-22(33-25)17(2)29-31(23)21-11-5-10-20(26)13-21/h3-5,7-8,10-11,13,19H,6,9,12,14-15H2,1-2H3,(H,27,32). The van der Waals surface area contributed by atoms with Gasteiger partial charge in [-0.25, -0.2) is 4.68 Å². The molecule has 1 N–H and O–H groups in total. The number of anilines is 1. The van der Waals surface area contributed by atoms with Gasteiger partial charge in [-0.3, -0.25) is 4.79 Å². The first-order valence-corrected chi connectivity index (χ1v) is 12.4. The molecule has 170 valence electrons. The number of aromatic nitrogens is 3. The van der Waals surface area contributed by atoms with Crippen molar-refractivity contribution in [2.45, 2.75) is 33.2 Å². The maximum atomic E-state index is 12.9. The van der Waals surface area contributed by atoms with Crippen molar-refractivity contribution in [3.8, 4) is 5.69 Å². The normalized spacial score (nSPS) is 16.3. The molecule has 0 aliphatic carbocycles. The second kappa shape index (κ2) is 9.15. The van der Waals surface area contributed by atoms with Crippen LogP contribution in [-0.4, -0.2) is 33.8 Å². The van der Waals surface area contributed by atoms with Crippen LogP contribution in [0.15, 0.2) is 48.5 Å². The van der Waals surface area contributed by atoms with E-state index in [4.69, 9.17) is 16.6 Å². The highest BCUT2D eigenvalue weighted by Crippen LogP contribution is 2.34. The van der Waals surface area contributed by atoms with E-state index in [9.17, 15) is 4.79 Å². The minimum Gasteiger partial charge on any atom is -0.352 e. The Labute approximate surface area is 202 Å². The minimum atomic E-state index is -0.0414. The summed E-state index contributed by atoms with van der Waals surface area (Å²) >= 11 is 7.84. The number of rotatable bonds is 5. The summed E-state index contributed by atoms with van der Waals surface area (Å²) in [5, 5.41) is 9.42. The van der Waals surface area contributed by atoms with Gasteiger partial charge in [0.1, 0.15) is 0 Å². The first-order chi connectivity index (χ1) is 16.0. The molecular formula is C25H26ClN5OS.